The Hall–Kier alpha value is -0.610. The summed E-state index contributed by atoms with van der Waals surface area (Å²) < 4.78 is 5.27. The Labute approximate surface area is 130 Å². The summed E-state index contributed by atoms with van der Waals surface area (Å²) in [7, 11) is 0. The first-order valence-electron chi connectivity index (χ1n) is 8.77. The van der Waals surface area contributed by atoms with Gasteiger partial charge in [-0.05, 0) is 59.2 Å². The van der Waals surface area contributed by atoms with Gasteiger partial charge in [-0.3, -0.25) is 4.79 Å². The molecule has 0 amide bonds. The Morgan fingerprint density at radius 2 is 1.76 bits per heavy atom. The molecule has 0 aromatic carbocycles. The zero-order valence-electron chi connectivity index (χ0n) is 14.2. The third-order valence-electron chi connectivity index (χ3n) is 4.37. The molecule has 1 fully saturated rings. The summed E-state index contributed by atoms with van der Waals surface area (Å²) in [6, 6.07) is 0. The van der Waals surface area contributed by atoms with Gasteiger partial charge in [-0.25, -0.2) is 0 Å². The summed E-state index contributed by atoms with van der Waals surface area (Å²) in [6.45, 7) is 10.6. The maximum atomic E-state index is 12.3. The molecular weight excluding hydrogens is 264 g/mol. The van der Waals surface area contributed by atoms with E-state index in [1.807, 2.05) is 13.8 Å². The average molecular weight is 298 g/mol. The monoisotopic (exact) mass is 298 g/mol. The highest BCUT2D eigenvalue weighted by atomic mass is 16.5. The molecule has 0 saturated carbocycles. The van der Waals surface area contributed by atoms with Crippen LogP contribution in [0.25, 0.3) is 0 Å². The quantitative estimate of drug-likeness (QED) is 0.700. The van der Waals surface area contributed by atoms with Crippen LogP contribution in [0.5, 0.6) is 0 Å². The summed E-state index contributed by atoms with van der Waals surface area (Å²) >= 11 is 0. The number of likely N-dealkylation sites (tertiary alicyclic amines) is 1. The Morgan fingerprint density at radius 3 is 2.33 bits per heavy atom. The predicted octanol–water partition coefficient (Wildman–Crippen LogP) is 2.96. The first-order chi connectivity index (χ1) is 10.1. The van der Waals surface area contributed by atoms with E-state index in [-0.39, 0.29) is 5.97 Å². The lowest BCUT2D eigenvalue weighted by Gasteiger charge is -2.32. The van der Waals surface area contributed by atoms with Gasteiger partial charge in [-0.15, -0.1) is 0 Å². The SMILES string of the molecule is CCCNC(C)(CCN1CCCCCCC1)C(=O)OCC. The third kappa shape index (κ3) is 6.79. The van der Waals surface area contributed by atoms with Crippen molar-refractivity contribution in [3.8, 4) is 0 Å². The minimum Gasteiger partial charge on any atom is -0.465 e. The molecule has 0 bridgehead atoms. The highest BCUT2D eigenvalue weighted by molar-refractivity contribution is 5.80. The lowest BCUT2D eigenvalue weighted by atomic mass is 9.96. The molecule has 1 heterocycles. The summed E-state index contributed by atoms with van der Waals surface area (Å²) in [4.78, 5) is 14.8. The summed E-state index contributed by atoms with van der Waals surface area (Å²) in [5.41, 5.74) is -0.547. The number of nitrogens with zero attached hydrogens (tertiary/aromatic N) is 1. The first-order valence-corrected chi connectivity index (χ1v) is 8.77. The van der Waals surface area contributed by atoms with E-state index in [1.54, 1.807) is 0 Å². The second-order valence-electron chi connectivity index (χ2n) is 6.34. The number of hydrogen-bond acceptors (Lipinski definition) is 4. The van der Waals surface area contributed by atoms with E-state index < -0.39 is 5.54 Å². The maximum absolute atomic E-state index is 12.3. The van der Waals surface area contributed by atoms with Crippen LogP contribution in [0.3, 0.4) is 0 Å². The Morgan fingerprint density at radius 1 is 1.14 bits per heavy atom. The van der Waals surface area contributed by atoms with Crippen LogP contribution in [-0.4, -0.2) is 49.2 Å². The molecule has 1 aliphatic heterocycles. The van der Waals surface area contributed by atoms with Crippen molar-refractivity contribution in [1.82, 2.24) is 10.2 Å². The maximum Gasteiger partial charge on any atom is 0.326 e. The number of hydrogen-bond donors (Lipinski definition) is 1. The lowest BCUT2D eigenvalue weighted by molar-refractivity contribution is -0.151. The summed E-state index contributed by atoms with van der Waals surface area (Å²) in [5.74, 6) is -0.106. The molecule has 0 aromatic heterocycles. The van der Waals surface area contributed by atoms with E-state index in [1.165, 1.54) is 45.2 Å². The zero-order valence-corrected chi connectivity index (χ0v) is 14.2. The number of carbonyl (C=O) groups is 1. The minimum absolute atomic E-state index is 0.106. The molecule has 1 saturated heterocycles. The van der Waals surface area contributed by atoms with Crippen LogP contribution in [0.15, 0.2) is 0 Å². The fourth-order valence-electron chi connectivity index (χ4n) is 2.87. The average Bonchev–Trinajstić information content (AvgIpc) is 2.44. The van der Waals surface area contributed by atoms with Crippen molar-refractivity contribution >= 4 is 5.97 Å². The molecule has 0 spiro atoms. The molecule has 124 valence electrons. The topological polar surface area (TPSA) is 41.6 Å². The van der Waals surface area contributed by atoms with Gasteiger partial charge in [0.1, 0.15) is 5.54 Å². The summed E-state index contributed by atoms with van der Waals surface area (Å²) in [6.07, 6.45) is 8.51. The van der Waals surface area contributed by atoms with Gasteiger partial charge in [0.2, 0.25) is 0 Å². The van der Waals surface area contributed by atoms with E-state index in [0.29, 0.717) is 6.61 Å². The molecule has 1 unspecified atom stereocenters. The number of rotatable bonds is 8. The van der Waals surface area contributed by atoms with Gasteiger partial charge < -0.3 is 15.0 Å². The molecule has 0 aromatic rings. The van der Waals surface area contributed by atoms with E-state index in [0.717, 1.165) is 25.9 Å². The van der Waals surface area contributed by atoms with Crippen LogP contribution in [0.4, 0.5) is 0 Å². The van der Waals surface area contributed by atoms with Crippen molar-refractivity contribution in [2.45, 2.75) is 71.3 Å². The Balaban J connectivity index is 2.51. The first kappa shape index (κ1) is 18.4. The molecule has 0 radical (unpaired) electrons. The van der Waals surface area contributed by atoms with Crippen molar-refractivity contribution in [2.75, 3.05) is 32.8 Å². The van der Waals surface area contributed by atoms with Gasteiger partial charge in [0.05, 0.1) is 6.61 Å². The van der Waals surface area contributed by atoms with Crippen LogP contribution in [0.1, 0.15) is 65.7 Å². The highest BCUT2D eigenvalue weighted by Gasteiger charge is 2.34. The largest absolute Gasteiger partial charge is 0.465 e. The van der Waals surface area contributed by atoms with E-state index in [2.05, 4.69) is 17.1 Å². The molecule has 4 nitrogen and oxygen atoms in total. The van der Waals surface area contributed by atoms with E-state index >= 15 is 0 Å². The highest BCUT2D eigenvalue weighted by Crippen LogP contribution is 2.16. The van der Waals surface area contributed by atoms with Gasteiger partial charge in [0.15, 0.2) is 0 Å². The fraction of sp³-hybridized carbons (Fsp3) is 0.941. The van der Waals surface area contributed by atoms with Gasteiger partial charge in [0.25, 0.3) is 0 Å². The number of nitrogens with one attached hydrogen (secondary N) is 1. The van der Waals surface area contributed by atoms with E-state index in [4.69, 9.17) is 4.74 Å². The molecule has 1 rings (SSSR count). The fourth-order valence-corrected chi connectivity index (χ4v) is 2.87. The van der Waals surface area contributed by atoms with Crippen molar-refractivity contribution in [3.05, 3.63) is 0 Å². The molecule has 0 aliphatic carbocycles. The third-order valence-corrected chi connectivity index (χ3v) is 4.37. The molecular formula is C17H34N2O2. The van der Waals surface area contributed by atoms with E-state index in [9.17, 15) is 4.79 Å². The molecule has 21 heavy (non-hydrogen) atoms. The molecule has 1 atom stereocenters. The Kier molecular flexibility index (Phi) is 8.93. The van der Waals surface area contributed by atoms with Gasteiger partial charge in [-0.2, -0.15) is 0 Å². The van der Waals surface area contributed by atoms with Crippen LogP contribution in [-0.2, 0) is 9.53 Å². The minimum atomic E-state index is -0.547. The molecule has 4 heteroatoms. The van der Waals surface area contributed by atoms with Crippen molar-refractivity contribution in [1.29, 1.82) is 0 Å². The Bertz CT molecular complexity index is 289. The standard InChI is InChI=1S/C17H34N2O2/c1-4-12-18-17(3,16(20)21-5-2)11-15-19-13-9-7-6-8-10-14-19/h18H,4-15H2,1-3H3. The molecule has 1 N–H and O–H groups in total. The molecule has 1 aliphatic rings. The zero-order chi connectivity index (χ0) is 15.6. The van der Waals surface area contributed by atoms with Crippen molar-refractivity contribution in [3.63, 3.8) is 0 Å². The number of esters is 1. The predicted molar refractivity (Wildman–Crippen MR) is 87.5 cm³/mol. The van der Waals surface area contributed by atoms with Gasteiger partial charge >= 0.3 is 5.97 Å². The van der Waals surface area contributed by atoms with Crippen molar-refractivity contribution in [2.24, 2.45) is 0 Å². The van der Waals surface area contributed by atoms with Gasteiger partial charge in [-0.1, -0.05) is 26.2 Å². The second kappa shape index (κ2) is 10.2. The normalized spacial score (nSPS) is 20.3. The van der Waals surface area contributed by atoms with Crippen molar-refractivity contribution < 1.29 is 9.53 Å². The smallest absolute Gasteiger partial charge is 0.326 e. The number of ether oxygens (including phenoxy) is 1. The number of carbonyl (C=O) groups excluding carboxylic acids is 1. The van der Waals surface area contributed by atoms with Gasteiger partial charge in [0, 0.05) is 6.54 Å². The van der Waals surface area contributed by atoms with Crippen LogP contribution < -0.4 is 5.32 Å². The van der Waals surface area contributed by atoms with Crippen LogP contribution in [0, 0.1) is 0 Å². The van der Waals surface area contributed by atoms with Crippen LogP contribution in [0.2, 0.25) is 0 Å². The van der Waals surface area contributed by atoms with Crippen LogP contribution >= 0.6 is 0 Å². The lowest BCUT2D eigenvalue weighted by Crippen LogP contribution is -2.52. The summed E-state index contributed by atoms with van der Waals surface area (Å²) in [5, 5.41) is 3.40. The second-order valence-corrected chi connectivity index (χ2v) is 6.34.